The first-order chi connectivity index (χ1) is 10.6. The van der Waals surface area contributed by atoms with E-state index in [0.717, 1.165) is 25.7 Å². The maximum atomic E-state index is 12.7. The lowest BCUT2D eigenvalue weighted by atomic mass is 10.1. The van der Waals surface area contributed by atoms with Gasteiger partial charge in [0.1, 0.15) is 0 Å². The molecule has 0 bridgehead atoms. The average molecular weight is 298 g/mol. The fourth-order valence-electron chi connectivity index (χ4n) is 3.11. The Labute approximate surface area is 127 Å². The van der Waals surface area contributed by atoms with Gasteiger partial charge in [-0.25, -0.2) is 0 Å². The molecule has 1 saturated carbocycles. The molecule has 1 aromatic heterocycles. The van der Waals surface area contributed by atoms with Crippen LogP contribution in [0.3, 0.4) is 0 Å². The first kappa shape index (κ1) is 14.3. The molecule has 6 nitrogen and oxygen atoms in total. The molecule has 22 heavy (non-hydrogen) atoms. The summed E-state index contributed by atoms with van der Waals surface area (Å²) in [6.07, 6.45) is 5.71. The molecule has 1 fully saturated rings. The average Bonchev–Trinajstić information content (AvgIpc) is 3.01. The van der Waals surface area contributed by atoms with E-state index in [1.165, 1.54) is 0 Å². The number of rotatable bonds is 2. The molecular weight excluding hydrogens is 280 g/mol. The first-order valence-electron chi connectivity index (χ1n) is 7.36. The van der Waals surface area contributed by atoms with E-state index in [4.69, 9.17) is 11.5 Å². The van der Waals surface area contributed by atoms with Crippen LogP contribution in [0.4, 0.5) is 0 Å². The number of guanidine groups is 1. The Kier molecular flexibility index (Phi) is 3.66. The number of fused-ring (bicyclic) bond motifs is 1. The molecule has 0 radical (unpaired) electrons. The molecule has 0 spiro atoms. The van der Waals surface area contributed by atoms with Crippen molar-refractivity contribution < 1.29 is 4.79 Å². The summed E-state index contributed by atoms with van der Waals surface area (Å²) < 4.78 is 1.67. The molecule has 114 valence electrons. The molecule has 2 aromatic rings. The van der Waals surface area contributed by atoms with E-state index < -0.39 is 5.91 Å². The van der Waals surface area contributed by atoms with Crippen molar-refractivity contribution in [1.82, 2.24) is 4.57 Å². The summed E-state index contributed by atoms with van der Waals surface area (Å²) in [5.74, 6) is -0.810. The Balaban J connectivity index is 2.26. The molecule has 0 atom stereocenters. The third-order valence-corrected chi connectivity index (χ3v) is 4.13. The predicted octanol–water partition coefficient (Wildman–Crippen LogP) is 1.53. The molecule has 6 heteroatoms. The number of hydrogen-bond acceptors (Lipinski definition) is 2. The van der Waals surface area contributed by atoms with Crippen LogP contribution in [0.1, 0.15) is 42.1 Å². The lowest BCUT2D eigenvalue weighted by molar-refractivity contribution is 0.100. The SMILES string of the molecule is NC(N)=NC(=O)c1cn(C2CCCC2)c(=O)c2ccccc12. The molecule has 4 N–H and O–H groups in total. The maximum absolute atomic E-state index is 12.7. The lowest BCUT2D eigenvalue weighted by Gasteiger charge is -2.16. The van der Waals surface area contributed by atoms with Crippen molar-refractivity contribution in [3.8, 4) is 0 Å². The van der Waals surface area contributed by atoms with Crippen molar-refractivity contribution in [3.63, 3.8) is 0 Å². The van der Waals surface area contributed by atoms with Crippen LogP contribution in [0.5, 0.6) is 0 Å². The summed E-state index contributed by atoms with van der Waals surface area (Å²) >= 11 is 0. The lowest BCUT2D eigenvalue weighted by Crippen LogP contribution is -2.26. The van der Waals surface area contributed by atoms with Gasteiger partial charge in [0.15, 0.2) is 5.96 Å². The third kappa shape index (κ3) is 2.47. The molecule has 1 heterocycles. The van der Waals surface area contributed by atoms with Gasteiger partial charge in [-0.05, 0) is 18.9 Å². The van der Waals surface area contributed by atoms with E-state index in [1.54, 1.807) is 35.0 Å². The highest BCUT2D eigenvalue weighted by atomic mass is 16.1. The summed E-state index contributed by atoms with van der Waals surface area (Å²) in [6, 6.07) is 7.19. The smallest absolute Gasteiger partial charge is 0.282 e. The van der Waals surface area contributed by atoms with Crippen LogP contribution in [-0.2, 0) is 0 Å². The molecule has 0 saturated heterocycles. The highest BCUT2D eigenvalue weighted by molar-refractivity contribution is 6.10. The van der Waals surface area contributed by atoms with E-state index in [2.05, 4.69) is 4.99 Å². The molecule has 0 unspecified atom stereocenters. The summed E-state index contributed by atoms with van der Waals surface area (Å²) in [7, 11) is 0. The Morgan fingerprint density at radius 1 is 1.14 bits per heavy atom. The second kappa shape index (κ2) is 5.63. The van der Waals surface area contributed by atoms with Gasteiger partial charge >= 0.3 is 0 Å². The predicted molar refractivity (Wildman–Crippen MR) is 85.9 cm³/mol. The molecule has 3 rings (SSSR count). The van der Waals surface area contributed by atoms with Crippen molar-refractivity contribution >= 4 is 22.6 Å². The molecule has 1 aliphatic rings. The minimum absolute atomic E-state index is 0.0660. The van der Waals surface area contributed by atoms with Gasteiger partial charge in [0, 0.05) is 23.0 Å². The number of amides is 1. The van der Waals surface area contributed by atoms with E-state index >= 15 is 0 Å². The number of hydrogen-bond donors (Lipinski definition) is 2. The van der Waals surface area contributed by atoms with Crippen molar-refractivity contribution in [2.45, 2.75) is 31.7 Å². The second-order valence-corrected chi connectivity index (χ2v) is 5.58. The van der Waals surface area contributed by atoms with Crippen molar-refractivity contribution in [2.75, 3.05) is 0 Å². The Hall–Kier alpha value is -2.63. The normalized spacial score (nSPS) is 15.1. The first-order valence-corrected chi connectivity index (χ1v) is 7.36. The number of aliphatic imine (C=N–C) groups is 1. The van der Waals surface area contributed by atoms with Crippen LogP contribution in [0.25, 0.3) is 10.8 Å². The summed E-state index contributed by atoms with van der Waals surface area (Å²) in [5, 5.41) is 1.10. The molecule has 1 aromatic carbocycles. The monoisotopic (exact) mass is 298 g/mol. The standard InChI is InChI=1S/C16H18N4O2/c17-16(18)19-14(21)13-9-20(10-5-1-2-6-10)15(22)12-8-4-3-7-11(12)13/h3-4,7-10H,1-2,5-6H2,(H4,17,18,19,21). The number of pyridine rings is 1. The minimum Gasteiger partial charge on any atom is -0.370 e. The van der Waals surface area contributed by atoms with E-state index in [0.29, 0.717) is 16.3 Å². The number of carbonyl (C=O) groups excluding carboxylic acids is 1. The topological polar surface area (TPSA) is 103 Å². The summed E-state index contributed by atoms with van der Waals surface area (Å²) in [4.78, 5) is 28.6. The van der Waals surface area contributed by atoms with Crippen LogP contribution in [0.2, 0.25) is 0 Å². The van der Waals surface area contributed by atoms with Crippen LogP contribution < -0.4 is 17.0 Å². The van der Waals surface area contributed by atoms with Gasteiger partial charge < -0.3 is 16.0 Å². The zero-order chi connectivity index (χ0) is 15.7. The van der Waals surface area contributed by atoms with Crippen LogP contribution >= 0.6 is 0 Å². The minimum atomic E-state index is -0.525. The second-order valence-electron chi connectivity index (χ2n) is 5.58. The summed E-state index contributed by atoms with van der Waals surface area (Å²) in [6.45, 7) is 0. The molecule has 0 aliphatic heterocycles. The van der Waals surface area contributed by atoms with Gasteiger partial charge in [-0.15, -0.1) is 0 Å². The molecular formula is C16H18N4O2. The van der Waals surface area contributed by atoms with E-state index in [1.807, 2.05) is 0 Å². The number of nitrogens with two attached hydrogens (primary N) is 2. The number of benzene rings is 1. The summed E-state index contributed by atoms with van der Waals surface area (Å²) in [5.41, 5.74) is 10.9. The highest BCUT2D eigenvalue weighted by Gasteiger charge is 2.21. The third-order valence-electron chi connectivity index (χ3n) is 4.13. The fourth-order valence-corrected chi connectivity index (χ4v) is 3.11. The van der Waals surface area contributed by atoms with E-state index in [9.17, 15) is 9.59 Å². The zero-order valence-electron chi connectivity index (χ0n) is 12.2. The van der Waals surface area contributed by atoms with E-state index in [-0.39, 0.29) is 17.6 Å². The van der Waals surface area contributed by atoms with Gasteiger partial charge in [-0.2, -0.15) is 4.99 Å². The molecule has 1 amide bonds. The number of nitrogens with zero attached hydrogens (tertiary/aromatic N) is 2. The highest BCUT2D eigenvalue weighted by Crippen LogP contribution is 2.29. The van der Waals surface area contributed by atoms with Gasteiger partial charge in [0.2, 0.25) is 0 Å². The van der Waals surface area contributed by atoms with Gasteiger partial charge in [-0.1, -0.05) is 31.0 Å². The van der Waals surface area contributed by atoms with Crippen molar-refractivity contribution in [2.24, 2.45) is 16.5 Å². The fraction of sp³-hybridized carbons (Fsp3) is 0.312. The van der Waals surface area contributed by atoms with Crippen LogP contribution in [0, 0.1) is 0 Å². The van der Waals surface area contributed by atoms with Crippen LogP contribution in [0.15, 0.2) is 40.2 Å². The number of carbonyl (C=O) groups is 1. The zero-order valence-corrected chi connectivity index (χ0v) is 12.2. The maximum Gasteiger partial charge on any atom is 0.282 e. The Morgan fingerprint density at radius 3 is 2.41 bits per heavy atom. The largest absolute Gasteiger partial charge is 0.370 e. The van der Waals surface area contributed by atoms with Gasteiger partial charge in [-0.3, -0.25) is 9.59 Å². The Morgan fingerprint density at radius 2 is 1.77 bits per heavy atom. The van der Waals surface area contributed by atoms with Crippen molar-refractivity contribution in [1.29, 1.82) is 0 Å². The van der Waals surface area contributed by atoms with Gasteiger partial charge in [0.25, 0.3) is 11.5 Å². The van der Waals surface area contributed by atoms with Gasteiger partial charge in [0.05, 0.1) is 5.56 Å². The van der Waals surface area contributed by atoms with Crippen molar-refractivity contribution in [3.05, 3.63) is 46.4 Å². The van der Waals surface area contributed by atoms with Crippen LogP contribution in [-0.4, -0.2) is 16.4 Å². The Bertz CT molecular complexity index is 812. The number of aromatic nitrogens is 1. The molecule has 1 aliphatic carbocycles. The quantitative estimate of drug-likeness (QED) is 0.648.